The monoisotopic (exact) mass is 346 g/mol. The van der Waals surface area contributed by atoms with Gasteiger partial charge in [-0.05, 0) is 30.5 Å². The highest BCUT2D eigenvalue weighted by Gasteiger charge is 2.13. The van der Waals surface area contributed by atoms with Crippen molar-refractivity contribution in [1.29, 1.82) is 0 Å². The lowest BCUT2D eigenvalue weighted by atomic mass is 10.0. The van der Waals surface area contributed by atoms with E-state index in [1.54, 1.807) is 10.9 Å². The zero-order valence-electron chi connectivity index (χ0n) is 14.2. The average molecular weight is 346 g/mol. The Bertz CT molecular complexity index is 1120. The molecule has 124 valence electrons. The molecule has 3 nitrogen and oxygen atoms in total. The molecule has 0 saturated carbocycles. The van der Waals surface area contributed by atoms with Gasteiger partial charge in [0.05, 0.1) is 18.4 Å². The lowest BCUT2D eigenvalue weighted by Crippen LogP contribution is -2.20. The third-order valence-electron chi connectivity index (χ3n) is 4.42. The number of rotatable bonds is 3. The maximum Gasteiger partial charge on any atom is 0.271 e. The van der Waals surface area contributed by atoms with Crippen LogP contribution in [0.2, 0.25) is 0 Å². The van der Waals surface area contributed by atoms with Crippen molar-refractivity contribution in [2.75, 3.05) is 0 Å². The summed E-state index contributed by atoms with van der Waals surface area (Å²) in [5, 5.41) is 2.04. The van der Waals surface area contributed by atoms with Crippen LogP contribution < -0.4 is 5.56 Å². The van der Waals surface area contributed by atoms with E-state index in [4.69, 9.17) is 0 Å². The Morgan fingerprint density at radius 1 is 1.04 bits per heavy atom. The molecule has 4 aromatic rings. The van der Waals surface area contributed by atoms with Crippen LogP contribution in [0.4, 0.5) is 0 Å². The van der Waals surface area contributed by atoms with Crippen molar-refractivity contribution in [3.05, 3.63) is 87.3 Å². The number of aryl methyl sites for hydroxylation is 2. The van der Waals surface area contributed by atoms with Crippen molar-refractivity contribution < 1.29 is 0 Å². The van der Waals surface area contributed by atoms with Crippen molar-refractivity contribution in [3.63, 3.8) is 0 Å². The summed E-state index contributed by atoms with van der Waals surface area (Å²) >= 11 is 1.48. The van der Waals surface area contributed by atoms with Crippen LogP contribution in [0.25, 0.3) is 21.3 Å². The van der Waals surface area contributed by atoms with E-state index in [1.807, 2.05) is 29.6 Å². The predicted octanol–water partition coefficient (Wildman–Crippen LogP) is 4.79. The van der Waals surface area contributed by atoms with Crippen LogP contribution in [0, 0.1) is 13.8 Å². The summed E-state index contributed by atoms with van der Waals surface area (Å²) in [7, 11) is 0. The first kappa shape index (κ1) is 15.8. The van der Waals surface area contributed by atoms with E-state index in [-0.39, 0.29) is 5.56 Å². The van der Waals surface area contributed by atoms with Crippen molar-refractivity contribution in [2.24, 2.45) is 0 Å². The maximum atomic E-state index is 12.9. The molecule has 0 N–H and O–H groups in total. The third-order valence-corrected chi connectivity index (χ3v) is 5.37. The van der Waals surface area contributed by atoms with E-state index in [0.717, 1.165) is 22.2 Å². The van der Waals surface area contributed by atoms with Gasteiger partial charge in [-0.1, -0.05) is 54.1 Å². The van der Waals surface area contributed by atoms with Gasteiger partial charge in [0.1, 0.15) is 4.70 Å². The van der Waals surface area contributed by atoms with Crippen LogP contribution >= 0.6 is 11.3 Å². The molecule has 0 saturated heterocycles. The number of hydrogen-bond acceptors (Lipinski definition) is 3. The summed E-state index contributed by atoms with van der Waals surface area (Å²) in [6, 6.07) is 16.4. The second-order valence-corrected chi connectivity index (χ2v) is 7.19. The zero-order chi connectivity index (χ0) is 17.4. The van der Waals surface area contributed by atoms with Gasteiger partial charge >= 0.3 is 0 Å². The van der Waals surface area contributed by atoms with Crippen LogP contribution in [-0.4, -0.2) is 9.55 Å². The Labute approximate surface area is 150 Å². The Kier molecular flexibility index (Phi) is 3.98. The van der Waals surface area contributed by atoms with Gasteiger partial charge in [-0.2, -0.15) is 0 Å². The van der Waals surface area contributed by atoms with E-state index in [9.17, 15) is 4.79 Å². The fraction of sp³-hybridized carbons (Fsp3) is 0.143. The van der Waals surface area contributed by atoms with Crippen LogP contribution in [0.1, 0.15) is 16.7 Å². The molecule has 0 fully saturated rings. The summed E-state index contributed by atoms with van der Waals surface area (Å²) in [6.07, 6.45) is 1.67. The molecule has 0 spiro atoms. The number of fused-ring (bicyclic) bond motifs is 1. The number of benzene rings is 2. The topological polar surface area (TPSA) is 34.9 Å². The number of hydrogen-bond donors (Lipinski definition) is 0. The molecule has 25 heavy (non-hydrogen) atoms. The largest absolute Gasteiger partial charge is 0.294 e. The fourth-order valence-electron chi connectivity index (χ4n) is 3.13. The van der Waals surface area contributed by atoms with Gasteiger partial charge in [0, 0.05) is 10.9 Å². The third kappa shape index (κ3) is 2.89. The predicted molar refractivity (Wildman–Crippen MR) is 104 cm³/mol. The second-order valence-electron chi connectivity index (χ2n) is 6.31. The standard InChI is InChI=1S/C21H18N2OS/c1-14-6-5-8-16(10-14)11-23-13-22-19-18(12-25-20(19)21(23)24)17-9-4-3-7-15(17)2/h3-10,12-13H,11H2,1-2H3. The molecule has 0 aliphatic heterocycles. The quantitative estimate of drug-likeness (QED) is 0.534. The van der Waals surface area contributed by atoms with E-state index >= 15 is 0 Å². The zero-order valence-corrected chi connectivity index (χ0v) is 15.0. The summed E-state index contributed by atoms with van der Waals surface area (Å²) in [5.74, 6) is 0. The first-order valence-electron chi connectivity index (χ1n) is 8.21. The second kappa shape index (κ2) is 6.30. The van der Waals surface area contributed by atoms with E-state index in [0.29, 0.717) is 11.2 Å². The molecule has 2 aromatic carbocycles. The van der Waals surface area contributed by atoms with Crippen molar-refractivity contribution >= 4 is 21.6 Å². The lowest BCUT2D eigenvalue weighted by molar-refractivity contribution is 0.749. The molecule has 4 rings (SSSR count). The van der Waals surface area contributed by atoms with E-state index in [1.165, 1.54) is 22.5 Å². The van der Waals surface area contributed by atoms with Gasteiger partial charge in [-0.25, -0.2) is 4.98 Å². The SMILES string of the molecule is Cc1cccc(Cn2cnc3c(-c4ccccc4C)csc3c2=O)c1. The Morgan fingerprint density at radius 3 is 2.68 bits per heavy atom. The molecule has 4 heteroatoms. The molecule has 0 bridgehead atoms. The lowest BCUT2D eigenvalue weighted by Gasteiger charge is -2.07. The minimum absolute atomic E-state index is 0.0244. The van der Waals surface area contributed by atoms with Crippen LogP contribution in [0.5, 0.6) is 0 Å². The highest BCUT2D eigenvalue weighted by Crippen LogP contribution is 2.32. The van der Waals surface area contributed by atoms with Gasteiger partial charge in [0.2, 0.25) is 0 Å². The van der Waals surface area contributed by atoms with E-state index < -0.39 is 0 Å². The summed E-state index contributed by atoms with van der Waals surface area (Å²) in [6.45, 7) is 4.68. The van der Waals surface area contributed by atoms with Gasteiger partial charge in [0.25, 0.3) is 5.56 Å². The molecule has 0 amide bonds. The normalized spacial score (nSPS) is 11.1. The average Bonchev–Trinajstić information content (AvgIpc) is 3.02. The van der Waals surface area contributed by atoms with Gasteiger partial charge in [-0.15, -0.1) is 11.3 Å². The first-order chi connectivity index (χ1) is 12.1. The first-order valence-corrected chi connectivity index (χ1v) is 9.09. The molecule has 0 aliphatic rings. The van der Waals surface area contributed by atoms with Crippen LogP contribution in [0.15, 0.2) is 65.0 Å². The molecular weight excluding hydrogens is 328 g/mol. The fourth-order valence-corrected chi connectivity index (χ4v) is 4.09. The van der Waals surface area contributed by atoms with Gasteiger partial charge in [-0.3, -0.25) is 9.36 Å². The molecule has 2 heterocycles. The summed E-state index contributed by atoms with van der Waals surface area (Å²) < 4.78 is 2.41. The number of thiophene rings is 1. The van der Waals surface area contributed by atoms with Gasteiger partial charge in [0.15, 0.2) is 0 Å². The summed E-state index contributed by atoms with van der Waals surface area (Å²) in [5.41, 5.74) is 6.49. The molecule has 0 radical (unpaired) electrons. The molecular formula is C21H18N2OS. The van der Waals surface area contributed by atoms with Crippen molar-refractivity contribution in [1.82, 2.24) is 9.55 Å². The Hall–Kier alpha value is -2.72. The molecule has 0 atom stereocenters. The minimum Gasteiger partial charge on any atom is -0.294 e. The minimum atomic E-state index is 0.0244. The Balaban J connectivity index is 1.80. The van der Waals surface area contributed by atoms with Gasteiger partial charge < -0.3 is 0 Å². The Morgan fingerprint density at radius 2 is 1.88 bits per heavy atom. The number of aromatic nitrogens is 2. The molecule has 0 aliphatic carbocycles. The highest BCUT2D eigenvalue weighted by atomic mass is 32.1. The van der Waals surface area contributed by atoms with Crippen LogP contribution in [0.3, 0.4) is 0 Å². The summed E-state index contributed by atoms with van der Waals surface area (Å²) in [4.78, 5) is 17.5. The maximum absolute atomic E-state index is 12.9. The van der Waals surface area contributed by atoms with Crippen LogP contribution in [-0.2, 0) is 6.54 Å². The molecule has 0 unspecified atom stereocenters. The number of nitrogens with zero attached hydrogens (tertiary/aromatic N) is 2. The van der Waals surface area contributed by atoms with Crippen molar-refractivity contribution in [3.8, 4) is 11.1 Å². The van der Waals surface area contributed by atoms with Crippen molar-refractivity contribution in [2.45, 2.75) is 20.4 Å². The highest BCUT2D eigenvalue weighted by molar-refractivity contribution is 7.17. The van der Waals surface area contributed by atoms with E-state index in [2.05, 4.69) is 43.1 Å². The molecule has 2 aromatic heterocycles. The smallest absolute Gasteiger partial charge is 0.271 e.